The fourth-order valence-corrected chi connectivity index (χ4v) is 2.54. The molecule has 0 aromatic heterocycles. The third-order valence-corrected chi connectivity index (χ3v) is 3.68. The summed E-state index contributed by atoms with van der Waals surface area (Å²) < 4.78 is 27.3. The van der Waals surface area contributed by atoms with Crippen LogP contribution in [-0.4, -0.2) is 51.6 Å². The van der Waals surface area contributed by atoms with Crippen LogP contribution in [0.3, 0.4) is 0 Å². The minimum Gasteiger partial charge on any atom is -0.376 e. The van der Waals surface area contributed by atoms with Crippen molar-refractivity contribution in [2.45, 2.75) is 37.8 Å². The van der Waals surface area contributed by atoms with Gasteiger partial charge in [-0.05, 0) is 25.7 Å². The van der Waals surface area contributed by atoms with E-state index in [0.717, 1.165) is 31.9 Å². The second kappa shape index (κ2) is 7.06. The molecule has 0 unspecified atom stereocenters. The maximum Gasteiger partial charge on any atom is 0.235 e. The molecular weight excluding hydrogens is 256 g/mol. The molecule has 18 heavy (non-hydrogen) atoms. The summed E-state index contributed by atoms with van der Waals surface area (Å²) in [5.41, 5.74) is 5.78. The van der Waals surface area contributed by atoms with E-state index in [4.69, 9.17) is 10.5 Å². The fourth-order valence-electron chi connectivity index (χ4n) is 1.96. The van der Waals surface area contributed by atoms with E-state index in [1.54, 1.807) is 0 Å². The summed E-state index contributed by atoms with van der Waals surface area (Å²) in [5, 5.41) is 2.52. The molecule has 1 saturated carbocycles. The highest BCUT2D eigenvalue weighted by molar-refractivity contribution is 7.91. The van der Waals surface area contributed by atoms with Crippen LogP contribution in [0.4, 0.5) is 0 Å². The predicted octanol–water partition coefficient (Wildman–Crippen LogP) is -0.566. The van der Waals surface area contributed by atoms with Gasteiger partial charge in [-0.2, -0.15) is 0 Å². The molecule has 1 amide bonds. The summed E-state index contributed by atoms with van der Waals surface area (Å²) >= 11 is 0. The van der Waals surface area contributed by atoms with Gasteiger partial charge in [0, 0.05) is 18.8 Å². The van der Waals surface area contributed by atoms with Gasteiger partial charge < -0.3 is 15.8 Å². The number of hydrogen-bond acceptors (Lipinski definition) is 5. The van der Waals surface area contributed by atoms with Crippen LogP contribution in [0.15, 0.2) is 0 Å². The van der Waals surface area contributed by atoms with Gasteiger partial charge in [-0.15, -0.1) is 0 Å². The first kappa shape index (κ1) is 15.4. The second-order valence-corrected chi connectivity index (χ2v) is 6.97. The molecule has 1 rings (SSSR count). The van der Waals surface area contributed by atoms with Crippen molar-refractivity contribution in [1.29, 1.82) is 0 Å². The van der Waals surface area contributed by atoms with E-state index in [1.165, 1.54) is 0 Å². The molecule has 0 saturated heterocycles. The van der Waals surface area contributed by atoms with Gasteiger partial charge in [0.05, 0.1) is 12.7 Å². The molecular formula is C11H22N2O4S. The Hall–Kier alpha value is -0.660. The quantitative estimate of drug-likeness (QED) is 0.634. The first-order valence-corrected chi connectivity index (χ1v) is 8.24. The van der Waals surface area contributed by atoms with E-state index in [-0.39, 0.29) is 6.10 Å². The highest BCUT2D eigenvalue weighted by Gasteiger charge is 2.18. The molecule has 0 atom stereocenters. The van der Waals surface area contributed by atoms with E-state index in [2.05, 4.69) is 5.32 Å². The van der Waals surface area contributed by atoms with Gasteiger partial charge in [0.25, 0.3) is 0 Å². The molecule has 0 radical (unpaired) electrons. The largest absolute Gasteiger partial charge is 0.376 e. The molecule has 3 N–H and O–H groups in total. The summed E-state index contributed by atoms with van der Waals surface area (Å²) in [5.74, 6) is -0.947. The molecule has 7 heteroatoms. The number of sulfone groups is 1. The van der Waals surface area contributed by atoms with Gasteiger partial charge in [-0.25, -0.2) is 8.42 Å². The average molecular weight is 278 g/mol. The van der Waals surface area contributed by atoms with Crippen molar-refractivity contribution in [3.63, 3.8) is 0 Å². The Balaban J connectivity index is 2.06. The normalized spacial score (nSPS) is 24.8. The van der Waals surface area contributed by atoms with Gasteiger partial charge in [-0.1, -0.05) is 0 Å². The third kappa shape index (κ3) is 6.93. The predicted molar refractivity (Wildman–Crippen MR) is 68.9 cm³/mol. The lowest BCUT2D eigenvalue weighted by Crippen LogP contribution is -2.34. The summed E-state index contributed by atoms with van der Waals surface area (Å²) in [6.45, 7) is 0.756. The number of nitrogens with two attached hydrogens (primary N) is 1. The van der Waals surface area contributed by atoms with Crippen LogP contribution in [0, 0.1) is 0 Å². The van der Waals surface area contributed by atoms with Crippen LogP contribution in [-0.2, 0) is 19.4 Å². The maximum absolute atomic E-state index is 11.2. The Morgan fingerprint density at radius 1 is 1.33 bits per heavy atom. The summed E-state index contributed by atoms with van der Waals surface area (Å²) in [4.78, 5) is 11.2. The van der Waals surface area contributed by atoms with Crippen molar-refractivity contribution < 1.29 is 17.9 Å². The summed E-state index contributed by atoms with van der Waals surface area (Å²) in [6.07, 6.45) is 5.12. The van der Waals surface area contributed by atoms with Crippen LogP contribution >= 0.6 is 0 Å². The first-order chi connectivity index (χ1) is 8.37. The van der Waals surface area contributed by atoms with Crippen LogP contribution < -0.4 is 11.1 Å². The standard InChI is InChI=1S/C11H22N2O4S/c1-18(15,16)8-11(14)13-6-7-17-10-4-2-9(12)3-5-10/h9-10H,2-8,12H2,1H3,(H,13,14). The van der Waals surface area contributed by atoms with E-state index < -0.39 is 21.5 Å². The molecule has 1 aliphatic carbocycles. The number of amides is 1. The van der Waals surface area contributed by atoms with Gasteiger partial charge in [0.15, 0.2) is 9.84 Å². The zero-order chi connectivity index (χ0) is 13.6. The number of carbonyl (C=O) groups excluding carboxylic acids is 1. The summed E-state index contributed by atoms with van der Waals surface area (Å²) in [6, 6.07) is 0.291. The van der Waals surface area contributed by atoms with Gasteiger partial charge in [0.1, 0.15) is 5.75 Å². The van der Waals surface area contributed by atoms with Crippen molar-refractivity contribution >= 4 is 15.7 Å². The van der Waals surface area contributed by atoms with E-state index in [1.807, 2.05) is 0 Å². The average Bonchev–Trinajstić information content (AvgIpc) is 2.24. The number of ether oxygens (including phenoxy) is 1. The highest BCUT2D eigenvalue weighted by atomic mass is 32.2. The minimum atomic E-state index is -3.25. The van der Waals surface area contributed by atoms with Gasteiger partial charge in [0.2, 0.25) is 5.91 Å². The van der Waals surface area contributed by atoms with Crippen molar-refractivity contribution in [2.75, 3.05) is 25.2 Å². The second-order valence-electron chi connectivity index (χ2n) is 4.83. The molecule has 1 aliphatic rings. The Morgan fingerprint density at radius 2 is 1.94 bits per heavy atom. The van der Waals surface area contributed by atoms with Gasteiger partial charge >= 0.3 is 0 Å². The lowest BCUT2D eigenvalue weighted by atomic mass is 9.94. The zero-order valence-corrected chi connectivity index (χ0v) is 11.5. The molecule has 106 valence electrons. The fraction of sp³-hybridized carbons (Fsp3) is 0.909. The van der Waals surface area contributed by atoms with E-state index in [9.17, 15) is 13.2 Å². The van der Waals surface area contributed by atoms with Crippen molar-refractivity contribution in [1.82, 2.24) is 5.32 Å². The lowest BCUT2D eigenvalue weighted by molar-refractivity contribution is -0.119. The highest BCUT2D eigenvalue weighted by Crippen LogP contribution is 2.19. The molecule has 0 aromatic rings. The monoisotopic (exact) mass is 278 g/mol. The van der Waals surface area contributed by atoms with Crippen molar-refractivity contribution in [3.05, 3.63) is 0 Å². The molecule has 0 heterocycles. The van der Waals surface area contributed by atoms with E-state index in [0.29, 0.717) is 19.2 Å². The van der Waals surface area contributed by atoms with Crippen LogP contribution in [0.2, 0.25) is 0 Å². The smallest absolute Gasteiger partial charge is 0.235 e. The Kier molecular flexibility index (Phi) is 6.04. The number of hydrogen-bond donors (Lipinski definition) is 2. The zero-order valence-electron chi connectivity index (χ0n) is 10.7. The molecule has 0 aliphatic heterocycles. The van der Waals surface area contributed by atoms with Crippen LogP contribution in [0.1, 0.15) is 25.7 Å². The number of rotatable bonds is 6. The number of nitrogens with one attached hydrogen (secondary N) is 1. The van der Waals surface area contributed by atoms with Crippen molar-refractivity contribution in [2.24, 2.45) is 5.73 Å². The molecule has 0 spiro atoms. The van der Waals surface area contributed by atoms with Crippen LogP contribution in [0.5, 0.6) is 0 Å². The summed E-state index contributed by atoms with van der Waals surface area (Å²) in [7, 11) is -3.25. The molecule has 0 bridgehead atoms. The molecule has 1 fully saturated rings. The van der Waals surface area contributed by atoms with Crippen molar-refractivity contribution in [3.8, 4) is 0 Å². The minimum absolute atomic E-state index is 0.219. The van der Waals surface area contributed by atoms with Crippen LogP contribution in [0.25, 0.3) is 0 Å². The number of carbonyl (C=O) groups is 1. The SMILES string of the molecule is CS(=O)(=O)CC(=O)NCCOC1CCC(N)CC1. The topological polar surface area (TPSA) is 98.5 Å². The third-order valence-electron chi connectivity index (χ3n) is 2.89. The van der Waals surface area contributed by atoms with Gasteiger partial charge in [-0.3, -0.25) is 4.79 Å². The lowest BCUT2D eigenvalue weighted by Gasteiger charge is -2.26. The molecule has 6 nitrogen and oxygen atoms in total. The maximum atomic E-state index is 11.2. The first-order valence-electron chi connectivity index (χ1n) is 6.18. The molecule has 0 aromatic carbocycles. The Bertz CT molecular complexity index is 361. The van der Waals surface area contributed by atoms with E-state index >= 15 is 0 Å². The Morgan fingerprint density at radius 3 is 2.50 bits per heavy atom. The Labute approximate surface area is 108 Å².